The van der Waals surface area contributed by atoms with Gasteiger partial charge in [-0.3, -0.25) is 0 Å². The molecular weight excluding hydrogens is 461 g/mol. The molecule has 0 spiro atoms. The van der Waals surface area contributed by atoms with Gasteiger partial charge in [0.2, 0.25) is 0 Å². The number of allylic oxidation sites excluding steroid dienone is 2. The molecule has 0 bridgehead atoms. The number of hydrogen-bond acceptors (Lipinski definition) is 2. The Balaban J connectivity index is 1.41. The van der Waals surface area contributed by atoms with Crippen LogP contribution in [0.2, 0.25) is 0 Å². The highest BCUT2D eigenvalue weighted by molar-refractivity contribution is 5.67. The second kappa shape index (κ2) is 11.6. The highest BCUT2D eigenvalue weighted by Gasteiger charge is 2.22. The SMILES string of the molecule is C=CCOc1ccc(-c2ccc(CCc3ccc(C4=CCC(C(C)O)CC4)c(F)c3F)cc2)c(F)c1. The summed E-state index contributed by atoms with van der Waals surface area (Å²) in [7, 11) is 0. The van der Waals surface area contributed by atoms with Crippen molar-refractivity contribution in [1.82, 2.24) is 0 Å². The van der Waals surface area contributed by atoms with Crippen molar-refractivity contribution in [2.24, 2.45) is 5.92 Å². The molecule has 1 N–H and O–H groups in total. The molecule has 0 amide bonds. The molecule has 3 aromatic carbocycles. The summed E-state index contributed by atoms with van der Waals surface area (Å²) < 4.78 is 49.7. The molecule has 0 heterocycles. The lowest BCUT2D eigenvalue weighted by atomic mass is 9.83. The number of aliphatic hydroxyl groups is 1. The van der Waals surface area contributed by atoms with Crippen LogP contribution < -0.4 is 4.74 Å². The number of aliphatic hydroxyl groups excluding tert-OH is 1. The molecule has 0 fully saturated rings. The number of ether oxygens (including phenoxy) is 1. The fraction of sp³-hybridized carbons (Fsp3) is 0.290. The molecular formula is C31H31F3O2. The van der Waals surface area contributed by atoms with Gasteiger partial charge in [0.05, 0.1) is 6.10 Å². The van der Waals surface area contributed by atoms with Crippen LogP contribution in [0.4, 0.5) is 13.2 Å². The molecule has 36 heavy (non-hydrogen) atoms. The van der Waals surface area contributed by atoms with E-state index in [4.69, 9.17) is 4.74 Å². The van der Waals surface area contributed by atoms with Gasteiger partial charge >= 0.3 is 0 Å². The lowest BCUT2D eigenvalue weighted by Gasteiger charge is -2.24. The minimum Gasteiger partial charge on any atom is -0.489 e. The van der Waals surface area contributed by atoms with E-state index in [9.17, 15) is 18.3 Å². The minimum atomic E-state index is -0.805. The third-order valence-electron chi connectivity index (χ3n) is 6.90. The van der Waals surface area contributed by atoms with E-state index >= 15 is 0 Å². The standard InChI is InChI=1S/C31H31F3O2/c1-3-18-36-26-15-17-27(29(32)19-26)23-7-4-21(5-8-23)6-9-25-14-16-28(31(34)30(25)33)24-12-10-22(11-13-24)20(2)35/h3-5,7-8,12,14-17,19-20,22,35H,1,6,9-11,13,18H2,2H3. The van der Waals surface area contributed by atoms with Crippen LogP contribution in [0.3, 0.4) is 0 Å². The molecule has 2 nitrogen and oxygen atoms in total. The van der Waals surface area contributed by atoms with Gasteiger partial charge in [-0.1, -0.05) is 55.1 Å². The van der Waals surface area contributed by atoms with E-state index in [2.05, 4.69) is 6.58 Å². The molecule has 5 heteroatoms. The Morgan fingerprint density at radius 1 is 1.00 bits per heavy atom. The number of benzene rings is 3. The lowest BCUT2D eigenvalue weighted by molar-refractivity contribution is 0.120. The van der Waals surface area contributed by atoms with Gasteiger partial charge in [0.25, 0.3) is 0 Å². The Kier molecular flexibility index (Phi) is 8.32. The van der Waals surface area contributed by atoms with E-state index in [0.717, 1.165) is 23.1 Å². The Morgan fingerprint density at radius 3 is 2.39 bits per heavy atom. The lowest BCUT2D eigenvalue weighted by Crippen LogP contribution is -2.18. The van der Waals surface area contributed by atoms with Crippen LogP contribution in [0.5, 0.6) is 5.75 Å². The van der Waals surface area contributed by atoms with Gasteiger partial charge in [-0.05, 0) is 79.3 Å². The fourth-order valence-corrected chi connectivity index (χ4v) is 4.67. The molecule has 0 saturated carbocycles. The minimum absolute atomic E-state index is 0.166. The topological polar surface area (TPSA) is 29.5 Å². The van der Waals surface area contributed by atoms with Gasteiger partial charge in [0.15, 0.2) is 11.6 Å². The van der Waals surface area contributed by atoms with E-state index in [1.165, 1.54) is 6.07 Å². The second-order valence-electron chi connectivity index (χ2n) is 9.34. The van der Waals surface area contributed by atoms with Crippen molar-refractivity contribution in [1.29, 1.82) is 0 Å². The normalized spacial score (nSPS) is 16.4. The van der Waals surface area contributed by atoms with Crippen LogP contribution in [0.25, 0.3) is 16.7 Å². The summed E-state index contributed by atoms with van der Waals surface area (Å²) in [6.45, 7) is 5.65. The molecule has 0 aromatic heterocycles. The maximum Gasteiger partial charge on any atom is 0.166 e. The Morgan fingerprint density at radius 2 is 1.75 bits per heavy atom. The third-order valence-corrected chi connectivity index (χ3v) is 6.90. The van der Waals surface area contributed by atoms with Crippen molar-refractivity contribution in [2.75, 3.05) is 6.61 Å². The van der Waals surface area contributed by atoms with Crippen LogP contribution in [-0.4, -0.2) is 17.8 Å². The van der Waals surface area contributed by atoms with Crippen LogP contribution in [-0.2, 0) is 12.8 Å². The van der Waals surface area contributed by atoms with Crippen LogP contribution in [0, 0.1) is 23.4 Å². The summed E-state index contributed by atoms with van der Waals surface area (Å²) in [6, 6.07) is 15.5. The maximum atomic E-state index is 14.9. The monoisotopic (exact) mass is 492 g/mol. The first kappa shape index (κ1) is 25.8. The van der Waals surface area contributed by atoms with E-state index in [1.807, 2.05) is 30.3 Å². The summed E-state index contributed by atoms with van der Waals surface area (Å²) in [5.74, 6) is -1.38. The van der Waals surface area contributed by atoms with E-state index < -0.39 is 17.7 Å². The third kappa shape index (κ3) is 5.90. The number of hydrogen-bond donors (Lipinski definition) is 1. The molecule has 2 unspecified atom stereocenters. The average molecular weight is 493 g/mol. The van der Waals surface area contributed by atoms with Gasteiger partial charge in [-0.15, -0.1) is 0 Å². The molecule has 1 aliphatic rings. The second-order valence-corrected chi connectivity index (χ2v) is 9.34. The molecule has 188 valence electrons. The quantitative estimate of drug-likeness (QED) is 0.310. The van der Waals surface area contributed by atoms with Crippen molar-refractivity contribution < 1.29 is 23.0 Å². The first-order valence-electron chi connectivity index (χ1n) is 12.3. The van der Waals surface area contributed by atoms with E-state index in [1.54, 1.807) is 37.3 Å². The van der Waals surface area contributed by atoms with Crippen LogP contribution >= 0.6 is 0 Å². The first-order valence-corrected chi connectivity index (χ1v) is 12.3. The smallest absolute Gasteiger partial charge is 0.166 e. The zero-order chi connectivity index (χ0) is 25.7. The van der Waals surface area contributed by atoms with Gasteiger partial charge in [-0.25, -0.2) is 13.2 Å². The molecule has 2 atom stereocenters. The summed E-state index contributed by atoms with van der Waals surface area (Å²) in [4.78, 5) is 0. The van der Waals surface area contributed by atoms with Crippen molar-refractivity contribution in [2.45, 2.75) is 45.1 Å². The molecule has 4 rings (SSSR count). The summed E-state index contributed by atoms with van der Waals surface area (Å²) >= 11 is 0. The zero-order valence-electron chi connectivity index (χ0n) is 20.4. The summed E-state index contributed by atoms with van der Waals surface area (Å²) in [6.07, 6.45) is 6.07. The molecule has 3 aromatic rings. The van der Waals surface area contributed by atoms with E-state index in [0.29, 0.717) is 54.7 Å². The van der Waals surface area contributed by atoms with Crippen molar-refractivity contribution in [3.63, 3.8) is 0 Å². The van der Waals surface area contributed by atoms with Gasteiger partial charge in [-0.2, -0.15) is 0 Å². The molecule has 0 radical (unpaired) electrons. The molecule has 0 saturated heterocycles. The number of rotatable bonds is 9. The summed E-state index contributed by atoms with van der Waals surface area (Å²) in [5, 5.41) is 9.76. The molecule has 1 aliphatic carbocycles. The fourth-order valence-electron chi connectivity index (χ4n) is 4.67. The highest BCUT2D eigenvalue weighted by atomic mass is 19.2. The van der Waals surface area contributed by atoms with Crippen molar-refractivity contribution in [3.05, 3.63) is 107 Å². The number of halogens is 3. The predicted molar refractivity (Wildman–Crippen MR) is 138 cm³/mol. The highest BCUT2D eigenvalue weighted by Crippen LogP contribution is 2.34. The average Bonchev–Trinajstić information content (AvgIpc) is 2.89. The van der Waals surface area contributed by atoms with Crippen molar-refractivity contribution in [3.8, 4) is 16.9 Å². The van der Waals surface area contributed by atoms with Gasteiger partial charge in [0, 0.05) is 17.2 Å². The molecule has 0 aliphatic heterocycles. The maximum absolute atomic E-state index is 14.9. The zero-order valence-corrected chi connectivity index (χ0v) is 20.4. The Labute approximate surface area is 210 Å². The summed E-state index contributed by atoms with van der Waals surface area (Å²) in [5.41, 5.74) is 3.60. The Bertz CT molecular complexity index is 1250. The van der Waals surface area contributed by atoms with Crippen LogP contribution in [0.1, 0.15) is 42.9 Å². The Hall–Kier alpha value is -3.31. The van der Waals surface area contributed by atoms with Gasteiger partial charge in [0.1, 0.15) is 18.2 Å². The van der Waals surface area contributed by atoms with Gasteiger partial charge < -0.3 is 9.84 Å². The van der Waals surface area contributed by atoms with Crippen LogP contribution in [0.15, 0.2) is 73.3 Å². The number of aryl methyl sites for hydroxylation is 2. The largest absolute Gasteiger partial charge is 0.489 e. The van der Waals surface area contributed by atoms with Crippen molar-refractivity contribution >= 4 is 5.57 Å². The van der Waals surface area contributed by atoms with E-state index in [-0.39, 0.29) is 11.7 Å². The first-order chi connectivity index (χ1) is 17.4. The predicted octanol–water partition coefficient (Wildman–Crippen LogP) is 7.69.